The predicted molar refractivity (Wildman–Crippen MR) is 79.3 cm³/mol. The smallest absolute Gasteiger partial charge is 0.0404 e. The molecule has 0 saturated carbocycles. The van der Waals surface area contributed by atoms with Crippen molar-refractivity contribution in [2.45, 2.75) is 46.1 Å². The number of benzene rings is 1. The van der Waals surface area contributed by atoms with Crippen LogP contribution in [0.3, 0.4) is 0 Å². The molecular formula is C16H26N2. The second-order valence-corrected chi connectivity index (χ2v) is 5.32. The molecule has 2 nitrogen and oxygen atoms in total. The third kappa shape index (κ3) is 3.05. The number of nitrogens with zero attached hydrogens (tertiary/aromatic N) is 1. The first-order chi connectivity index (χ1) is 8.74. The van der Waals surface area contributed by atoms with E-state index in [1.54, 1.807) is 0 Å². The summed E-state index contributed by atoms with van der Waals surface area (Å²) in [6.45, 7) is 10.4. The van der Waals surface area contributed by atoms with Gasteiger partial charge in [-0.05, 0) is 43.9 Å². The van der Waals surface area contributed by atoms with Crippen LogP contribution in [-0.2, 0) is 6.42 Å². The van der Waals surface area contributed by atoms with Crippen LogP contribution in [0.4, 0.5) is 5.69 Å². The van der Waals surface area contributed by atoms with Crippen molar-refractivity contribution < 1.29 is 0 Å². The Balaban J connectivity index is 2.02. The van der Waals surface area contributed by atoms with Gasteiger partial charge in [0.2, 0.25) is 0 Å². The van der Waals surface area contributed by atoms with Gasteiger partial charge in [-0.2, -0.15) is 0 Å². The van der Waals surface area contributed by atoms with E-state index >= 15 is 0 Å². The van der Waals surface area contributed by atoms with Gasteiger partial charge in [0.1, 0.15) is 0 Å². The minimum absolute atomic E-state index is 0.652. The standard InChI is InChI=1S/C16H26N2/c1-4-14-8-6-7-13(3)16(14)17-15-9-11-18(5-2)12-10-15/h6-8,15,17H,4-5,9-12H2,1-3H3. The summed E-state index contributed by atoms with van der Waals surface area (Å²) >= 11 is 0. The summed E-state index contributed by atoms with van der Waals surface area (Å²) < 4.78 is 0. The van der Waals surface area contributed by atoms with Crippen molar-refractivity contribution in [1.82, 2.24) is 4.90 Å². The highest BCUT2D eigenvalue weighted by atomic mass is 15.1. The Morgan fingerprint density at radius 1 is 1.22 bits per heavy atom. The molecule has 1 aromatic rings. The Hall–Kier alpha value is -1.02. The Morgan fingerprint density at radius 2 is 1.94 bits per heavy atom. The zero-order valence-corrected chi connectivity index (χ0v) is 12.0. The fourth-order valence-electron chi connectivity index (χ4n) is 2.83. The van der Waals surface area contributed by atoms with Crippen LogP contribution in [0, 0.1) is 6.92 Å². The van der Waals surface area contributed by atoms with Crippen LogP contribution in [0.2, 0.25) is 0 Å². The minimum Gasteiger partial charge on any atom is -0.382 e. The van der Waals surface area contributed by atoms with Gasteiger partial charge < -0.3 is 10.2 Å². The molecule has 0 aromatic heterocycles. The zero-order chi connectivity index (χ0) is 13.0. The van der Waals surface area contributed by atoms with E-state index < -0.39 is 0 Å². The van der Waals surface area contributed by atoms with E-state index in [1.807, 2.05) is 0 Å². The maximum absolute atomic E-state index is 3.79. The fourth-order valence-corrected chi connectivity index (χ4v) is 2.83. The summed E-state index contributed by atoms with van der Waals surface area (Å²) in [5.41, 5.74) is 4.22. The van der Waals surface area contributed by atoms with Gasteiger partial charge in [-0.25, -0.2) is 0 Å². The summed E-state index contributed by atoms with van der Waals surface area (Å²) in [5, 5.41) is 3.79. The molecule has 1 N–H and O–H groups in total. The average molecular weight is 246 g/mol. The number of piperidine rings is 1. The van der Waals surface area contributed by atoms with Crippen molar-refractivity contribution in [3.05, 3.63) is 29.3 Å². The topological polar surface area (TPSA) is 15.3 Å². The molecule has 0 spiro atoms. The van der Waals surface area contributed by atoms with Crippen LogP contribution in [0.25, 0.3) is 0 Å². The normalized spacial score (nSPS) is 17.9. The second kappa shape index (κ2) is 6.24. The van der Waals surface area contributed by atoms with E-state index in [1.165, 1.54) is 49.3 Å². The van der Waals surface area contributed by atoms with E-state index in [2.05, 4.69) is 49.2 Å². The van der Waals surface area contributed by atoms with Crippen molar-refractivity contribution in [3.8, 4) is 0 Å². The molecule has 1 aliphatic heterocycles. The molecule has 0 atom stereocenters. The number of hydrogen-bond acceptors (Lipinski definition) is 2. The lowest BCUT2D eigenvalue weighted by Gasteiger charge is -2.32. The summed E-state index contributed by atoms with van der Waals surface area (Å²) in [4.78, 5) is 2.54. The molecule has 100 valence electrons. The largest absolute Gasteiger partial charge is 0.382 e. The Labute approximate surface area is 111 Å². The minimum atomic E-state index is 0.652. The lowest BCUT2D eigenvalue weighted by atomic mass is 10.0. The zero-order valence-electron chi connectivity index (χ0n) is 12.0. The number of anilines is 1. The van der Waals surface area contributed by atoms with Crippen molar-refractivity contribution in [1.29, 1.82) is 0 Å². The maximum Gasteiger partial charge on any atom is 0.0404 e. The maximum atomic E-state index is 3.79. The first kappa shape index (κ1) is 13.4. The highest BCUT2D eigenvalue weighted by Gasteiger charge is 2.18. The molecule has 0 aliphatic carbocycles. The van der Waals surface area contributed by atoms with Gasteiger partial charge in [-0.3, -0.25) is 0 Å². The highest BCUT2D eigenvalue weighted by Crippen LogP contribution is 2.24. The molecular weight excluding hydrogens is 220 g/mol. The molecule has 1 saturated heterocycles. The van der Waals surface area contributed by atoms with Gasteiger partial charge in [0.25, 0.3) is 0 Å². The first-order valence-electron chi connectivity index (χ1n) is 7.32. The number of aryl methyl sites for hydroxylation is 2. The molecule has 1 aliphatic rings. The summed E-state index contributed by atoms with van der Waals surface area (Å²) in [5.74, 6) is 0. The van der Waals surface area contributed by atoms with Crippen LogP contribution in [0.5, 0.6) is 0 Å². The van der Waals surface area contributed by atoms with Crippen LogP contribution in [-0.4, -0.2) is 30.6 Å². The second-order valence-electron chi connectivity index (χ2n) is 5.32. The molecule has 2 heteroatoms. The number of hydrogen-bond donors (Lipinski definition) is 1. The SMILES string of the molecule is CCc1cccc(C)c1NC1CCN(CC)CC1. The van der Waals surface area contributed by atoms with Crippen molar-refractivity contribution in [3.63, 3.8) is 0 Å². The van der Waals surface area contributed by atoms with Gasteiger partial charge in [0, 0.05) is 24.8 Å². The molecule has 0 radical (unpaired) electrons. The van der Waals surface area contributed by atoms with Gasteiger partial charge >= 0.3 is 0 Å². The van der Waals surface area contributed by atoms with Crippen LogP contribution in [0.15, 0.2) is 18.2 Å². The van der Waals surface area contributed by atoms with Crippen molar-refractivity contribution >= 4 is 5.69 Å². The molecule has 0 bridgehead atoms. The van der Waals surface area contributed by atoms with E-state index in [0.717, 1.165) is 6.42 Å². The van der Waals surface area contributed by atoms with Crippen molar-refractivity contribution in [2.75, 3.05) is 25.0 Å². The number of likely N-dealkylation sites (tertiary alicyclic amines) is 1. The Kier molecular flexibility index (Phi) is 4.65. The van der Waals surface area contributed by atoms with Gasteiger partial charge in [-0.15, -0.1) is 0 Å². The lowest BCUT2D eigenvalue weighted by Crippen LogP contribution is -2.39. The van der Waals surface area contributed by atoms with Gasteiger partial charge in [-0.1, -0.05) is 32.0 Å². The molecule has 1 aromatic carbocycles. The van der Waals surface area contributed by atoms with E-state index in [9.17, 15) is 0 Å². The Bertz CT molecular complexity index is 379. The first-order valence-corrected chi connectivity index (χ1v) is 7.32. The van der Waals surface area contributed by atoms with Gasteiger partial charge in [0.05, 0.1) is 0 Å². The van der Waals surface area contributed by atoms with Crippen LogP contribution >= 0.6 is 0 Å². The average Bonchev–Trinajstić information content (AvgIpc) is 2.42. The van der Waals surface area contributed by atoms with E-state index in [-0.39, 0.29) is 0 Å². The number of nitrogens with one attached hydrogen (secondary N) is 1. The van der Waals surface area contributed by atoms with Gasteiger partial charge in [0.15, 0.2) is 0 Å². The third-order valence-corrected chi connectivity index (χ3v) is 4.12. The van der Waals surface area contributed by atoms with Crippen molar-refractivity contribution in [2.24, 2.45) is 0 Å². The quantitative estimate of drug-likeness (QED) is 0.875. The summed E-state index contributed by atoms with van der Waals surface area (Å²) in [6.07, 6.45) is 3.65. The van der Waals surface area contributed by atoms with E-state index in [4.69, 9.17) is 0 Å². The third-order valence-electron chi connectivity index (χ3n) is 4.12. The monoisotopic (exact) mass is 246 g/mol. The van der Waals surface area contributed by atoms with Crippen LogP contribution < -0.4 is 5.32 Å². The van der Waals surface area contributed by atoms with E-state index in [0.29, 0.717) is 6.04 Å². The molecule has 2 rings (SSSR count). The molecule has 1 heterocycles. The highest BCUT2D eigenvalue weighted by molar-refractivity contribution is 5.57. The lowest BCUT2D eigenvalue weighted by molar-refractivity contribution is 0.229. The molecule has 1 fully saturated rings. The number of para-hydroxylation sites is 1. The molecule has 18 heavy (non-hydrogen) atoms. The van der Waals surface area contributed by atoms with Crippen LogP contribution in [0.1, 0.15) is 37.8 Å². The molecule has 0 unspecified atom stereocenters. The molecule has 0 amide bonds. The number of rotatable bonds is 4. The summed E-state index contributed by atoms with van der Waals surface area (Å²) in [6, 6.07) is 7.28. The fraction of sp³-hybridized carbons (Fsp3) is 0.625. The Morgan fingerprint density at radius 3 is 2.56 bits per heavy atom. The summed E-state index contributed by atoms with van der Waals surface area (Å²) in [7, 11) is 0. The predicted octanol–water partition coefficient (Wildman–Crippen LogP) is 3.45.